The first-order valence-corrected chi connectivity index (χ1v) is 7.98. The maximum Gasteiger partial charge on any atom is 0.311 e. The molecule has 4 fully saturated rings. The van der Waals surface area contributed by atoms with E-state index in [0.29, 0.717) is 6.29 Å². The topological polar surface area (TPSA) is 80.4 Å². The minimum absolute atomic E-state index is 0.0228. The van der Waals surface area contributed by atoms with Crippen molar-refractivity contribution in [1.29, 1.82) is 0 Å². The van der Waals surface area contributed by atoms with Crippen LogP contribution in [0.4, 0.5) is 5.69 Å². The molecule has 0 unspecified atom stereocenters. The van der Waals surface area contributed by atoms with Gasteiger partial charge < -0.3 is 5.11 Å². The number of benzene rings is 1. The summed E-state index contributed by atoms with van der Waals surface area (Å²) in [5, 5.41) is 21.1. The first-order valence-electron chi connectivity index (χ1n) is 7.98. The first-order chi connectivity index (χ1) is 10.5. The fraction of sp³-hybridized carbons (Fsp3) is 0.588. The van der Waals surface area contributed by atoms with Crippen molar-refractivity contribution >= 4 is 12.0 Å². The zero-order valence-electron chi connectivity index (χ0n) is 12.3. The SMILES string of the molecule is O=Cc1cc(C23CC4CC(CC(C4)C2)C3)cc([N+](=O)[O-])c1O. The van der Waals surface area contributed by atoms with E-state index < -0.39 is 10.7 Å². The van der Waals surface area contributed by atoms with Crippen molar-refractivity contribution in [2.75, 3.05) is 0 Å². The molecule has 4 aliphatic rings. The van der Waals surface area contributed by atoms with Crippen LogP contribution in [-0.2, 0) is 5.41 Å². The van der Waals surface area contributed by atoms with Gasteiger partial charge in [-0.2, -0.15) is 0 Å². The Balaban J connectivity index is 1.84. The molecule has 5 nitrogen and oxygen atoms in total. The predicted molar refractivity (Wildman–Crippen MR) is 80.0 cm³/mol. The molecule has 0 saturated heterocycles. The summed E-state index contributed by atoms with van der Waals surface area (Å²) >= 11 is 0. The van der Waals surface area contributed by atoms with Crippen LogP contribution in [0.5, 0.6) is 5.75 Å². The van der Waals surface area contributed by atoms with Crippen molar-refractivity contribution in [3.63, 3.8) is 0 Å². The lowest BCUT2D eigenvalue weighted by molar-refractivity contribution is -0.386. The number of phenols is 1. The maximum absolute atomic E-state index is 11.2. The molecule has 1 N–H and O–H groups in total. The molecular formula is C17H19NO4. The Kier molecular flexibility index (Phi) is 2.83. The van der Waals surface area contributed by atoms with Crippen LogP contribution < -0.4 is 0 Å². The fourth-order valence-corrected chi connectivity index (χ4v) is 5.64. The van der Waals surface area contributed by atoms with E-state index in [4.69, 9.17) is 0 Å². The highest BCUT2D eigenvalue weighted by Gasteiger charge is 2.52. The highest BCUT2D eigenvalue weighted by Crippen LogP contribution is 2.61. The lowest BCUT2D eigenvalue weighted by Crippen LogP contribution is -2.48. The van der Waals surface area contributed by atoms with Gasteiger partial charge in [-0.15, -0.1) is 0 Å². The third kappa shape index (κ3) is 1.87. The van der Waals surface area contributed by atoms with Crippen molar-refractivity contribution in [3.05, 3.63) is 33.4 Å². The molecule has 0 spiro atoms. The van der Waals surface area contributed by atoms with Crippen molar-refractivity contribution in [2.45, 2.75) is 43.9 Å². The van der Waals surface area contributed by atoms with Gasteiger partial charge in [0.2, 0.25) is 5.75 Å². The third-order valence-corrected chi connectivity index (χ3v) is 6.09. The lowest BCUT2D eigenvalue weighted by atomic mass is 9.48. The molecule has 4 bridgehead atoms. The highest BCUT2D eigenvalue weighted by molar-refractivity contribution is 5.82. The molecule has 1 aromatic rings. The molecule has 5 rings (SSSR count). The maximum atomic E-state index is 11.2. The zero-order valence-corrected chi connectivity index (χ0v) is 12.3. The standard InChI is InChI=1S/C17H19NO4/c19-9-13-4-14(5-15(16(13)20)18(21)22)17-6-10-1-11(7-17)3-12(2-10)8-17/h4-5,9-12,20H,1-3,6-8H2. The molecule has 116 valence electrons. The van der Waals surface area contributed by atoms with Crippen molar-refractivity contribution in [1.82, 2.24) is 0 Å². The molecule has 4 aliphatic carbocycles. The van der Waals surface area contributed by atoms with Crippen LogP contribution in [0.3, 0.4) is 0 Å². The van der Waals surface area contributed by atoms with Crippen LogP contribution in [-0.4, -0.2) is 16.3 Å². The van der Waals surface area contributed by atoms with E-state index in [0.717, 1.165) is 42.6 Å². The van der Waals surface area contributed by atoms with Crippen molar-refractivity contribution in [3.8, 4) is 5.75 Å². The third-order valence-electron chi connectivity index (χ3n) is 6.09. The minimum atomic E-state index is -0.591. The molecule has 0 atom stereocenters. The number of nitrogens with zero attached hydrogens (tertiary/aromatic N) is 1. The normalized spacial score (nSPS) is 35.5. The summed E-state index contributed by atoms with van der Waals surface area (Å²) in [4.78, 5) is 21.8. The number of carbonyl (C=O) groups excluding carboxylic acids is 1. The van der Waals surface area contributed by atoms with Gasteiger partial charge in [0.15, 0.2) is 6.29 Å². The van der Waals surface area contributed by atoms with Gasteiger partial charge >= 0.3 is 5.69 Å². The van der Waals surface area contributed by atoms with Crippen molar-refractivity contribution < 1.29 is 14.8 Å². The van der Waals surface area contributed by atoms with Gasteiger partial charge in [-0.3, -0.25) is 14.9 Å². The summed E-state index contributed by atoms with van der Waals surface area (Å²) in [5.74, 6) is 1.66. The second-order valence-corrected chi connectivity index (χ2v) is 7.51. The first kappa shape index (κ1) is 13.7. The summed E-state index contributed by atoms with van der Waals surface area (Å²) in [6, 6.07) is 3.19. The zero-order chi connectivity index (χ0) is 15.5. The van der Waals surface area contributed by atoms with Gasteiger partial charge in [0.05, 0.1) is 10.5 Å². The average molecular weight is 301 g/mol. The smallest absolute Gasteiger partial charge is 0.311 e. The molecular weight excluding hydrogens is 282 g/mol. The van der Waals surface area contributed by atoms with Crippen LogP contribution in [0.15, 0.2) is 12.1 Å². The average Bonchev–Trinajstić information content (AvgIpc) is 2.45. The fourth-order valence-electron chi connectivity index (χ4n) is 5.64. The Morgan fingerprint density at radius 2 is 1.68 bits per heavy atom. The van der Waals surface area contributed by atoms with E-state index in [1.54, 1.807) is 6.07 Å². The van der Waals surface area contributed by atoms with Gasteiger partial charge in [0.1, 0.15) is 0 Å². The second-order valence-electron chi connectivity index (χ2n) is 7.51. The van der Waals surface area contributed by atoms with Gasteiger partial charge in [-0.1, -0.05) is 0 Å². The summed E-state index contributed by atoms with van der Waals surface area (Å²) in [7, 11) is 0. The second kappa shape index (κ2) is 4.54. The van der Waals surface area contributed by atoms with Crippen LogP contribution in [0.25, 0.3) is 0 Å². The van der Waals surface area contributed by atoms with E-state index in [9.17, 15) is 20.0 Å². The van der Waals surface area contributed by atoms with Gasteiger partial charge in [-0.25, -0.2) is 0 Å². The summed E-state index contributed by atoms with van der Waals surface area (Å²) in [6.45, 7) is 0. The molecule has 0 heterocycles. The predicted octanol–water partition coefficient (Wildman–Crippen LogP) is 3.58. The Labute approximate surface area is 128 Å². The van der Waals surface area contributed by atoms with Crippen LogP contribution in [0.1, 0.15) is 54.4 Å². The van der Waals surface area contributed by atoms with E-state index in [1.165, 1.54) is 25.3 Å². The van der Waals surface area contributed by atoms with E-state index >= 15 is 0 Å². The van der Waals surface area contributed by atoms with E-state index in [2.05, 4.69) is 0 Å². The number of carbonyl (C=O) groups is 1. The number of aromatic hydroxyl groups is 1. The molecule has 0 radical (unpaired) electrons. The molecule has 0 amide bonds. The van der Waals surface area contributed by atoms with Gasteiger partial charge in [-0.05, 0) is 73.3 Å². The summed E-state index contributed by atoms with van der Waals surface area (Å²) in [6.07, 6.45) is 7.60. The number of aldehydes is 1. The number of nitro benzene ring substituents is 1. The molecule has 22 heavy (non-hydrogen) atoms. The Bertz CT molecular complexity index is 632. The highest BCUT2D eigenvalue weighted by atomic mass is 16.6. The largest absolute Gasteiger partial charge is 0.502 e. The molecule has 1 aromatic carbocycles. The molecule has 5 heteroatoms. The van der Waals surface area contributed by atoms with Crippen LogP contribution in [0.2, 0.25) is 0 Å². The number of rotatable bonds is 3. The van der Waals surface area contributed by atoms with E-state index in [-0.39, 0.29) is 16.7 Å². The Morgan fingerprint density at radius 1 is 1.14 bits per heavy atom. The Hall–Kier alpha value is -1.91. The van der Waals surface area contributed by atoms with Crippen LogP contribution >= 0.6 is 0 Å². The number of nitro groups is 1. The molecule has 4 saturated carbocycles. The van der Waals surface area contributed by atoms with Crippen molar-refractivity contribution in [2.24, 2.45) is 17.8 Å². The van der Waals surface area contributed by atoms with Crippen LogP contribution in [0, 0.1) is 27.9 Å². The number of hydrogen-bond donors (Lipinski definition) is 1. The lowest BCUT2D eigenvalue weighted by Gasteiger charge is -2.57. The summed E-state index contributed by atoms with van der Waals surface area (Å²) < 4.78 is 0. The minimum Gasteiger partial charge on any atom is -0.502 e. The molecule has 0 aromatic heterocycles. The summed E-state index contributed by atoms with van der Waals surface area (Å²) in [5.41, 5.74) is 0.568. The quantitative estimate of drug-likeness (QED) is 0.525. The monoisotopic (exact) mass is 301 g/mol. The molecule has 0 aliphatic heterocycles. The van der Waals surface area contributed by atoms with Gasteiger partial charge in [0.25, 0.3) is 0 Å². The van der Waals surface area contributed by atoms with Gasteiger partial charge in [0, 0.05) is 6.07 Å². The van der Waals surface area contributed by atoms with E-state index in [1.807, 2.05) is 0 Å². The Morgan fingerprint density at radius 3 is 2.14 bits per heavy atom. The number of hydrogen-bond acceptors (Lipinski definition) is 4. The number of phenolic OH excluding ortho intramolecular Hbond substituents is 1.